The molecule has 1 fully saturated rings. The first-order chi connectivity index (χ1) is 16.7. The van der Waals surface area contributed by atoms with Crippen molar-refractivity contribution >= 4 is 11.0 Å². The minimum atomic E-state index is -1.82. The van der Waals surface area contributed by atoms with Gasteiger partial charge in [0.2, 0.25) is 17.5 Å². The molecule has 1 saturated heterocycles. The maximum Gasteiger partial charge on any atom is 0.239 e. The van der Waals surface area contributed by atoms with E-state index in [1.54, 1.807) is 0 Å². The molecule has 35 heavy (non-hydrogen) atoms. The van der Waals surface area contributed by atoms with Gasteiger partial charge < -0.3 is 54.0 Å². The standard InChI is InChI=1S/C23H24O12/c1-31-10-6-12(26)16-14(7-10)33-21(9-3-4-13(32-2)11(25)5-9)22(18(16)28)35-23-20(30)19(29)17(27)15(8-24)34-23/h3-7,15,17,19-20,23-27,29-30H,8H2,1-2H3/t15-,17-,19+,20-,23+/m1/s1. The van der Waals surface area contributed by atoms with Crippen molar-refractivity contribution in [3.63, 3.8) is 0 Å². The maximum absolute atomic E-state index is 13.5. The minimum Gasteiger partial charge on any atom is -0.507 e. The number of hydrogen-bond acceptors (Lipinski definition) is 12. The Morgan fingerprint density at radius 2 is 1.69 bits per heavy atom. The van der Waals surface area contributed by atoms with Gasteiger partial charge in [0, 0.05) is 17.7 Å². The zero-order valence-electron chi connectivity index (χ0n) is 18.6. The van der Waals surface area contributed by atoms with Crippen LogP contribution in [0, 0.1) is 0 Å². The Morgan fingerprint density at radius 3 is 2.31 bits per heavy atom. The lowest BCUT2D eigenvalue weighted by atomic mass is 9.99. The number of aromatic hydroxyl groups is 2. The fraction of sp³-hybridized carbons (Fsp3) is 0.348. The van der Waals surface area contributed by atoms with E-state index < -0.39 is 54.2 Å². The molecule has 1 aliphatic rings. The zero-order valence-corrected chi connectivity index (χ0v) is 18.6. The molecule has 0 saturated carbocycles. The summed E-state index contributed by atoms with van der Waals surface area (Å²) in [5, 5.41) is 60.4. The first kappa shape index (κ1) is 24.6. The van der Waals surface area contributed by atoms with Crippen LogP contribution >= 0.6 is 0 Å². The van der Waals surface area contributed by atoms with Crippen molar-refractivity contribution in [2.45, 2.75) is 30.7 Å². The molecule has 0 unspecified atom stereocenters. The molecule has 188 valence electrons. The molecule has 2 aromatic carbocycles. The van der Waals surface area contributed by atoms with Crippen LogP contribution in [-0.4, -0.2) is 82.2 Å². The van der Waals surface area contributed by atoms with E-state index in [1.807, 2.05) is 0 Å². The fourth-order valence-electron chi connectivity index (χ4n) is 3.78. The number of methoxy groups -OCH3 is 2. The van der Waals surface area contributed by atoms with E-state index in [0.717, 1.165) is 0 Å². The summed E-state index contributed by atoms with van der Waals surface area (Å²) >= 11 is 0. The second-order valence-corrected chi connectivity index (χ2v) is 7.81. The Kier molecular flexibility index (Phi) is 6.74. The molecule has 0 bridgehead atoms. The molecule has 0 amide bonds. The Hall–Kier alpha value is -3.55. The Balaban J connectivity index is 1.91. The number of phenolic OH excluding ortho intramolecular Hbond substituents is 2. The molecule has 4 rings (SSSR count). The third-order valence-electron chi connectivity index (χ3n) is 5.67. The van der Waals surface area contributed by atoms with Gasteiger partial charge in [-0.3, -0.25) is 4.79 Å². The largest absolute Gasteiger partial charge is 0.507 e. The quantitative estimate of drug-likeness (QED) is 0.272. The van der Waals surface area contributed by atoms with E-state index in [-0.39, 0.29) is 39.5 Å². The molecule has 1 aliphatic heterocycles. The van der Waals surface area contributed by atoms with Crippen LogP contribution in [0.2, 0.25) is 0 Å². The highest BCUT2D eigenvalue weighted by Gasteiger charge is 2.45. The number of aliphatic hydroxyl groups is 4. The molecular formula is C23H24O12. The Bertz CT molecular complexity index is 1280. The van der Waals surface area contributed by atoms with Crippen molar-refractivity contribution in [3.8, 4) is 40.1 Å². The van der Waals surface area contributed by atoms with Crippen molar-refractivity contribution in [3.05, 3.63) is 40.6 Å². The summed E-state index contributed by atoms with van der Waals surface area (Å²) < 4.78 is 27.0. The van der Waals surface area contributed by atoms with Crippen LogP contribution in [0.5, 0.6) is 28.7 Å². The number of hydrogen-bond donors (Lipinski definition) is 6. The van der Waals surface area contributed by atoms with E-state index in [2.05, 4.69) is 0 Å². The predicted molar refractivity (Wildman–Crippen MR) is 119 cm³/mol. The molecule has 3 aromatic rings. The monoisotopic (exact) mass is 492 g/mol. The molecule has 2 heterocycles. The van der Waals surface area contributed by atoms with Crippen LogP contribution in [0.4, 0.5) is 0 Å². The van der Waals surface area contributed by atoms with E-state index >= 15 is 0 Å². The van der Waals surface area contributed by atoms with Gasteiger partial charge in [0.05, 0.1) is 20.8 Å². The molecule has 12 heteroatoms. The number of aliphatic hydroxyl groups excluding tert-OH is 4. The second-order valence-electron chi connectivity index (χ2n) is 7.81. The van der Waals surface area contributed by atoms with E-state index in [1.165, 1.54) is 44.6 Å². The van der Waals surface area contributed by atoms with Crippen molar-refractivity contribution in [2.24, 2.45) is 0 Å². The number of phenols is 2. The zero-order chi connectivity index (χ0) is 25.4. The van der Waals surface area contributed by atoms with Crippen LogP contribution in [0.1, 0.15) is 0 Å². The molecule has 0 aliphatic carbocycles. The Morgan fingerprint density at radius 1 is 0.943 bits per heavy atom. The lowest BCUT2D eigenvalue weighted by Gasteiger charge is -2.39. The van der Waals surface area contributed by atoms with Crippen molar-refractivity contribution in [2.75, 3.05) is 20.8 Å². The average Bonchev–Trinajstić information content (AvgIpc) is 2.85. The first-order valence-corrected chi connectivity index (χ1v) is 10.4. The highest BCUT2D eigenvalue weighted by Crippen LogP contribution is 2.39. The normalized spacial score (nSPS) is 24.3. The van der Waals surface area contributed by atoms with Gasteiger partial charge in [0.15, 0.2) is 17.3 Å². The van der Waals surface area contributed by atoms with Crippen LogP contribution in [-0.2, 0) is 4.74 Å². The lowest BCUT2D eigenvalue weighted by Crippen LogP contribution is -2.60. The minimum absolute atomic E-state index is 0.0710. The predicted octanol–water partition coefficient (Wildman–Crippen LogP) is 0.0671. The maximum atomic E-state index is 13.5. The fourth-order valence-corrected chi connectivity index (χ4v) is 3.78. The lowest BCUT2D eigenvalue weighted by molar-refractivity contribution is -0.277. The van der Waals surface area contributed by atoms with Gasteiger partial charge in [-0.05, 0) is 18.2 Å². The summed E-state index contributed by atoms with van der Waals surface area (Å²) in [4.78, 5) is 13.5. The Labute approximate surface area is 197 Å². The van der Waals surface area contributed by atoms with Gasteiger partial charge in [-0.1, -0.05) is 0 Å². The van der Waals surface area contributed by atoms with Crippen molar-refractivity contribution < 1.29 is 54.0 Å². The third-order valence-corrected chi connectivity index (χ3v) is 5.67. The van der Waals surface area contributed by atoms with Crippen LogP contribution in [0.3, 0.4) is 0 Å². The molecule has 0 radical (unpaired) electrons. The van der Waals surface area contributed by atoms with Crippen LogP contribution in [0.25, 0.3) is 22.3 Å². The smallest absolute Gasteiger partial charge is 0.239 e. The van der Waals surface area contributed by atoms with Gasteiger partial charge >= 0.3 is 0 Å². The van der Waals surface area contributed by atoms with Gasteiger partial charge in [0.25, 0.3) is 0 Å². The molecule has 12 nitrogen and oxygen atoms in total. The highest BCUT2D eigenvalue weighted by atomic mass is 16.7. The van der Waals surface area contributed by atoms with E-state index in [0.29, 0.717) is 0 Å². The van der Waals surface area contributed by atoms with Gasteiger partial charge in [-0.2, -0.15) is 0 Å². The molecule has 6 N–H and O–H groups in total. The first-order valence-electron chi connectivity index (χ1n) is 10.4. The average molecular weight is 492 g/mol. The highest BCUT2D eigenvalue weighted by molar-refractivity contribution is 5.88. The summed E-state index contributed by atoms with van der Waals surface area (Å²) in [6.07, 6.45) is -8.22. The molecule has 5 atom stereocenters. The van der Waals surface area contributed by atoms with E-state index in [4.69, 9.17) is 23.4 Å². The summed E-state index contributed by atoms with van der Waals surface area (Å²) in [6.45, 7) is -0.711. The van der Waals surface area contributed by atoms with Gasteiger partial charge in [-0.25, -0.2) is 0 Å². The summed E-state index contributed by atoms with van der Waals surface area (Å²) in [6, 6.07) is 6.66. The number of benzene rings is 2. The second kappa shape index (κ2) is 9.60. The molecular weight excluding hydrogens is 468 g/mol. The molecule has 0 spiro atoms. The summed E-state index contributed by atoms with van der Waals surface area (Å²) in [7, 11) is 2.71. The van der Waals surface area contributed by atoms with Crippen LogP contribution in [0.15, 0.2) is 39.5 Å². The van der Waals surface area contributed by atoms with E-state index in [9.17, 15) is 35.4 Å². The number of ether oxygens (including phenoxy) is 4. The van der Waals surface area contributed by atoms with Crippen LogP contribution < -0.4 is 19.6 Å². The molecule has 1 aromatic heterocycles. The SMILES string of the molecule is COc1cc(O)c2c(=O)c(O[C@@H]3O[C@H](CO)[C@@H](O)[C@H](O)[C@H]3O)c(-c3ccc(OC)c(O)c3)oc2c1. The van der Waals surface area contributed by atoms with Gasteiger partial charge in [0.1, 0.15) is 46.9 Å². The van der Waals surface area contributed by atoms with Crippen molar-refractivity contribution in [1.82, 2.24) is 0 Å². The number of rotatable bonds is 6. The topological polar surface area (TPSA) is 189 Å². The summed E-state index contributed by atoms with van der Waals surface area (Å²) in [5.74, 6) is -1.16. The summed E-state index contributed by atoms with van der Waals surface area (Å²) in [5.41, 5.74) is -0.781. The third kappa shape index (κ3) is 4.33. The van der Waals surface area contributed by atoms with Gasteiger partial charge in [-0.15, -0.1) is 0 Å². The number of fused-ring (bicyclic) bond motifs is 1. The van der Waals surface area contributed by atoms with Crippen molar-refractivity contribution in [1.29, 1.82) is 0 Å².